The van der Waals surface area contributed by atoms with Crippen molar-refractivity contribution in [3.05, 3.63) is 46.7 Å². The average Bonchev–Trinajstić information content (AvgIpc) is 2.57. The molecule has 1 N–H and O–H groups in total. The summed E-state index contributed by atoms with van der Waals surface area (Å²) in [6.07, 6.45) is 5.20. The highest BCUT2D eigenvalue weighted by Gasteiger charge is 2.12. The molecule has 0 spiro atoms. The summed E-state index contributed by atoms with van der Waals surface area (Å²) in [5.41, 5.74) is 2.07. The predicted molar refractivity (Wildman–Crippen MR) is 99.0 cm³/mol. The van der Waals surface area contributed by atoms with Gasteiger partial charge >= 0.3 is 0 Å². The first-order chi connectivity index (χ1) is 11.5. The number of rotatable bonds is 7. The smallest absolute Gasteiger partial charge is 0.258 e. The Balaban J connectivity index is 2.10. The largest absolute Gasteiger partial charge is 0.341 e. The van der Waals surface area contributed by atoms with Gasteiger partial charge in [-0.15, -0.1) is 0 Å². The standard InChI is InChI=1S/C18H23ClN4O/c1-4-8-23(9-5-2)18-20-11-14(12-21-18)17(24)22-16-7-6-15(19)10-13(16)3/h6-7,10-12H,4-5,8-9H2,1-3H3,(H,22,24). The second kappa shape index (κ2) is 8.64. The number of anilines is 2. The summed E-state index contributed by atoms with van der Waals surface area (Å²) in [5.74, 6) is 0.433. The molecule has 24 heavy (non-hydrogen) atoms. The van der Waals surface area contributed by atoms with Gasteiger partial charge in [-0.1, -0.05) is 25.4 Å². The number of hydrogen-bond acceptors (Lipinski definition) is 4. The maximum atomic E-state index is 12.3. The lowest BCUT2D eigenvalue weighted by Crippen LogP contribution is -2.27. The van der Waals surface area contributed by atoms with E-state index in [2.05, 4.69) is 34.0 Å². The minimum Gasteiger partial charge on any atom is -0.341 e. The van der Waals surface area contributed by atoms with E-state index in [0.717, 1.165) is 37.2 Å². The average molecular weight is 347 g/mol. The van der Waals surface area contributed by atoms with Crippen LogP contribution in [0.15, 0.2) is 30.6 Å². The molecule has 1 heterocycles. The zero-order valence-corrected chi connectivity index (χ0v) is 15.1. The Morgan fingerprint density at radius 3 is 2.33 bits per heavy atom. The molecule has 0 aliphatic rings. The molecular weight excluding hydrogens is 324 g/mol. The molecule has 0 aliphatic heterocycles. The fourth-order valence-electron chi connectivity index (χ4n) is 2.42. The van der Waals surface area contributed by atoms with Crippen molar-refractivity contribution in [3.63, 3.8) is 0 Å². The first-order valence-corrected chi connectivity index (χ1v) is 8.57. The highest BCUT2D eigenvalue weighted by Crippen LogP contribution is 2.20. The second-order valence-electron chi connectivity index (χ2n) is 5.67. The van der Waals surface area contributed by atoms with Crippen LogP contribution in [0.4, 0.5) is 11.6 Å². The molecule has 0 saturated heterocycles. The van der Waals surface area contributed by atoms with Crippen LogP contribution in [0.1, 0.15) is 42.6 Å². The van der Waals surface area contributed by atoms with Gasteiger partial charge in [0.15, 0.2) is 0 Å². The van der Waals surface area contributed by atoms with Crippen LogP contribution >= 0.6 is 11.6 Å². The molecule has 0 radical (unpaired) electrons. The summed E-state index contributed by atoms with van der Waals surface area (Å²) in [6, 6.07) is 5.34. The lowest BCUT2D eigenvalue weighted by molar-refractivity contribution is 0.102. The number of aryl methyl sites for hydroxylation is 1. The zero-order valence-electron chi connectivity index (χ0n) is 14.3. The van der Waals surface area contributed by atoms with Crippen molar-refractivity contribution in [2.24, 2.45) is 0 Å². The maximum absolute atomic E-state index is 12.3. The number of carbonyl (C=O) groups is 1. The van der Waals surface area contributed by atoms with Gasteiger partial charge in [-0.25, -0.2) is 9.97 Å². The van der Waals surface area contributed by atoms with Crippen molar-refractivity contribution >= 4 is 29.1 Å². The van der Waals surface area contributed by atoms with Crippen LogP contribution in [-0.4, -0.2) is 29.0 Å². The molecule has 2 aromatic rings. The molecule has 0 unspecified atom stereocenters. The van der Waals surface area contributed by atoms with Crippen LogP contribution in [0, 0.1) is 6.92 Å². The topological polar surface area (TPSA) is 58.1 Å². The van der Waals surface area contributed by atoms with E-state index in [-0.39, 0.29) is 5.91 Å². The monoisotopic (exact) mass is 346 g/mol. The number of nitrogens with one attached hydrogen (secondary N) is 1. The van der Waals surface area contributed by atoms with Crippen molar-refractivity contribution in [2.45, 2.75) is 33.6 Å². The fourth-order valence-corrected chi connectivity index (χ4v) is 2.64. The van der Waals surface area contributed by atoms with Gasteiger partial charge in [-0.05, 0) is 43.5 Å². The van der Waals surface area contributed by atoms with Gasteiger partial charge in [0.05, 0.1) is 5.56 Å². The SMILES string of the molecule is CCCN(CCC)c1ncc(C(=O)Nc2ccc(Cl)cc2C)cn1. The van der Waals surface area contributed by atoms with Crippen LogP contribution in [0.2, 0.25) is 5.02 Å². The zero-order chi connectivity index (χ0) is 17.5. The van der Waals surface area contributed by atoms with Crippen molar-refractivity contribution < 1.29 is 4.79 Å². The summed E-state index contributed by atoms with van der Waals surface area (Å²) in [6.45, 7) is 7.96. The van der Waals surface area contributed by atoms with Crippen molar-refractivity contribution in [3.8, 4) is 0 Å². The summed E-state index contributed by atoms with van der Waals surface area (Å²) in [5, 5.41) is 3.51. The molecule has 6 heteroatoms. The summed E-state index contributed by atoms with van der Waals surface area (Å²) >= 11 is 5.93. The summed E-state index contributed by atoms with van der Waals surface area (Å²) in [4.78, 5) is 23.2. The molecule has 5 nitrogen and oxygen atoms in total. The first kappa shape index (κ1) is 18.2. The number of halogens is 1. The minimum atomic E-state index is -0.232. The van der Waals surface area contributed by atoms with Gasteiger partial charge < -0.3 is 10.2 Å². The van der Waals surface area contributed by atoms with E-state index in [4.69, 9.17) is 11.6 Å². The molecule has 1 amide bonds. The summed E-state index contributed by atoms with van der Waals surface area (Å²) < 4.78 is 0. The van der Waals surface area contributed by atoms with Crippen LogP contribution in [0.25, 0.3) is 0 Å². The van der Waals surface area contributed by atoms with E-state index in [9.17, 15) is 4.79 Å². The van der Waals surface area contributed by atoms with Gasteiger partial charge in [-0.3, -0.25) is 4.79 Å². The lowest BCUT2D eigenvalue weighted by atomic mass is 10.2. The Morgan fingerprint density at radius 1 is 1.17 bits per heavy atom. The van der Waals surface area contributed by atoms with E-state index < -0.39 is 0 Å². The number of hydrogen-bond donors (Lipinski definition) is 1. The summed E-state index contributed by atoms with van der Waals surface area (Å²) in [7, 11) is 0. The van der Waals surface area contributed by atoms with E-state index in [0.29, 0.717) is 16.5 Å². The lowest BCUT2D eigenvalue weighted by Gasteiger charge is -2.21. The minimum absolute atomic E-state index is 0.232. The molecule has 0 fully saturated rings. The Kier molecular flexibility index (Phi) is 6.55. The Bertz CT molecular complexity index is 682. The Morgan fingerprint density at radius 2 is 1.79 bits per heavy atom. The third-order valence-corrected chi connectivity index (χ3v) is 3.84. The van der Waals surface area contributed by atoms with Crippen LogP contribution in [0.3, 0.4) is 0 Å². The van der Waals surface area contributed by atoms with Crippen LogP contribution < -0.4 is 10.2 Å². The molecule has 0 bridgehead atoms. The van der Waals surface area contributed by atoms with E-state index in [1.165, 1.54) is 0 Å². The molecule has 0 saturated carbocycles. The van der Waals surface area contributed by atoms with Gasteiger partial charge in [0.1, 0.15) is 0 Å². The molecule has 1 aromatic carbocycles. The van der Waals surface area contributed by atoms with Crippen molar-refractivity contribution in [1.29, 1.82) is 0 Å². The molecule has 0 aliphatic carbocycles. The van der Waals surface area contributed by atoms with Crippen LogP contribution in [0.5, 0.6) is 0 Å². The third-order valence-electron chi connectivity index (χ3n) is 3.61. The molecule has 2 rings (SSSR count). The first-order valence-electron chi connectivity index (χ1n) is 8.19. The molecular formula is C18H23ClN4O. The van der Waals surface area contributed by atoms with Gasteiger partial charge in [-0.2, -0.15) is 0 Å². The van der Waals surface area contributed by atoms with Gasteiger partial charge in [0.25, 0.3) is 5.91 Å². The van der Waals surface area contributed by atoms with Crippen molar-refractivity contribution in [2.75, 3.05) is 23.3 Å². The maximum Gasteiger partial charge on any atom is 0.258 e. The Hall–Kier alpha value is -2.14. The van der Waals surface area contributed by atoms with E-state index >= 15 is 0 Å². The Labute approximate surface area is 148 Å². The number of nitrogens with zero attached hydrogens (tertiary/aromatic N) is 3. The number of benzene rings is 1. The van der Waals surface area contributed by atoms with Crippen molar-refractivity contribution in [1.82, 2.24) is 9.97 Å². The van der Waals surface area contributed by atoms with Crippen LogP contribution in [-0.2, 0) is 0 Å². The van der Waals surface area contributed by atoms with Gasteiger partial charge in [0.2, 0.25) is 5.95 Å². The number of carbonyl (C=O) groups excluding carboxylic acids is 1. The second-order valence-corrected chi connectivity index (χ2v) is 6.11. The highest BCUT2D eigenvalue weighted by atomic mass is 35.5. The normalized spacial score (nSPS) is 10.5. The molecule has 1 aromatic heterocycles. The third kappa shape index (κ3) is 4.68. The van der Waals surface area contributed by atoms with E-state index in [1.54, 1.807) is 24.5 Å². The fraction of sp³-hybridized carbons (Fsp3) is 0.389. The number of amides is 1. The predicted octanol–water partition coefficient (Wildman–Crippen LogP) is 4.32. The molecule has 0 atom stereocenters. The van der Waals surface area contributed by atoms with Gasteiger partial charge in [0, 0.05) is 36.2 Å². The quantitative estimate of drug-likeness (QED) is 0.811. The highest BCUT2D eigenvalue weighted by molar-refractivity contribution is 6.30. The number of aromatic nitrogens is 2. The molecule has 128 valence electrons. The van der Waals surface area contributed by atoms with E-state index in [1.807, 2.05) is 13.0 Å².